The lowest BCUT2D eigenvalue weighted by molar-refractivity contribution is -0.134. The van der Waals surface area contributed by atoms with Gasteiger partial charge in [0, 0.05) is 49.6 Å². The van der Waals surface area contributed by atoms with Gasteiger partial charge in [0.05, 0.1) is 5.71 Å². The summed E-state index contributed by atoms with van der Waals surface area (Å²) in [6, 6.07) is 9.50. The number of carbonyl (C=O) groups is 2. The minimum Gasteiger partial charge on any atom is -0.316 e. The molecule has 1 aromatic heterocycles. The Morgan fingerprint density at radius 3 is 2.55 bits per heavy atom. The van der Waals surface area contributed by atoms with Gasteiger partial charge in [-0.1, -0.05) is 19.1 Å². The second-order valence-corrected chi connectivity index (χ2v) is 7.93. The van der Waals surface area contributed by atoms with E-state index in [0.29, 0.717) is 19.5 Å². The number of carbonyl (C=O) groups excluding carboxylic acids is 2. The van der Waals surface area contributed by atoms with Crippen molar-refractivity contribution < 1.29 is 9.59 Å². The van der Waals surface area contributed by atoms with Gasteiger partial charge in [0.25, 0.3) is 0 Å². The minimum absolute atomic E-state index is 0.0309. The molecule has 7 heteroatoms. The summed E-state index contributed by atoms with van der Waals surface area (Å²) in [4.78, 5) is 30.7. The molecule has 2 aromatic rings. The molecule has 150 valence electrons. The Kier molecular flexibility index (Phi) is 5.05. The van der Waals surface area contributed by atoms with Crippen LogP contribution in [0.25, 0.3) is 0 Å². The van der Waals surface area contributed by atoms with Crippen LogP contribution in [-0.4, -0.2) is 38.6 Å². The van der Waals surface area contributed by atoms with Crippen LogP contribution in [0.5, 0.6) is 0 Å². The van der Waals surface area contributed by atoms with Crippen LogP contribution in [0.1, 0.15) is 43.9 Å². The van der Waals surface area contributed by atoms with E-state index >= 15 is 0 Å². The molecule has 0 bridgehead atoms. The highest BCUT2D eigenvalue weighted by atomic mass is 16.2. The number of anilines is 1. The number of nitrogens with zero attached hydrogens (tertiary/aromatic N) is 4. The molecule has 3 heterocycles. The van der Waals surface area contributed by atoms with Crippen molar-refractivity contribution in [2.45, 2.75) is 46.3 Å². The summed E-state index contributed by atoms with van der Waals surface area (Å²) < 4.78 is 0. The number of benzene rings is 1. The summed E-state index contributed by atoms with van der Waals surface area (Å²) in [5.74, 6) is 0.122. The van der Waals surface area contributed by atoms with E-state index in [1.807, 2.05) is 57.3 Å². The number of rotatable bonds is 3. The predicted molar refractivity (Wildman–Crippen MR) is 111 cm³/mol. The van der Waals surface area contributed by atoms with E-state index in [0.717, 1.165) is 28.1 Å². The molecule has 2 aliphatic rings. The highest BCUT2D eigenvalue weighted by Gasteiger charge is 2.29. The van der Waals surface area contributed by atoms with Crippen molar-refractivity contribution in [2.75, 3.05) is 5.32 Å². The van der Waals surface area contributed by atoms with Crippen molar-refractivity contribution in [2.24, 2.45) is 11.0 Å². The summed E-state index contributed by atoms with van der Waals surface area (Å²) in [5.41, 5.74) is 4.83. The molecule has 1 atom stereocenters. The minimum atomic E-state index is -0.131. The maximum atomic E-state index is 12.6. The van der Waals surface area contributed by atoms with E-state index in [-0.39, 0.29) is 23.9 Å². The lowest BCUT2D eigenvalue weighted by Crippen LogP contribution is -2.40. The summed E-state index contributed by atoms with van der Waals surface area (Å²) in [7, 11) is 0. The van der Waals surface area contributed by atoms with E-state index in [1.165, 1.54) is 0 Å². The molecule has 1 aromatic carbocycles. The van der Waals surface area contributed by atoms with Crippen molar-refractivity contribution >= 4 is 23.3 Å². The first kappa shape index (κ1) is 19.1. The third-order valence-corrected chi connectivity index (χ3v) is 5.35. The van der Waals surface area contributed by atoms with Gasteiger partial charge < -0.3 is 10.2 Å². The zero-order chi connectivity index (χ0) is 20.5. The number of hydrogen-bond donors (Lipinski definition) is 1. The highest BCUT2D eigenvalue weighted by molar-refractivity contribution is 6.06. The van der Waals surface area contributed by atoms with Crippen LogP contribution in [0.4, 0.5) is 10.5 Å². The number of hydrogen-bond acceptors (Lipinski definition) is 4. The molecule has 29 heavy (non-hydrogen) atoms. The number of fused-ring (bicyclic) bond motifs is 1. The Balaban J connectivity index is 1.45. The molecule has 1 unspecified atom stereocenters. The first-order chi connectivity index (χ1) is 13.9. The molecular formula is C22H25N5O2. The molecule has 0 fully saturated rings. The molecule has 4 rings (SSSR count). The number of urea groups is 1. The Hall–Kier alpha value is -3.22. The van der Waals surface area contributed by atoms with Gasteiger partial charge >= 0.3 is 6.03 Å². The smallest absolute Gasteiger partial charge is 0.316 e. The van der Waals surface area contributed by atoms with Gasteiger partial charge in [-0.25, -0.2) is 9.80 Å². The number of pyridine rings is 1. The topological polar surface area (TPSA) is 77.9 Å². The maximum Gasteiger partial charge on any atom is 0.322 e. The van der Waals surface area contributed by atoms with Crippen LogP contribution in [0.2, 0.25) is 0 Å². The highest BCUT2D eigenvalue weighted by Crippen LogP contribution is 2.25. The quantitative estimate of drug-likeness (QED) is 0.868. The second-order valence-electron chi connectivity index (χ2n) is 7.93. The van der Waals surface area contributed by atoms with E-state index in [9.17, 15) is 9.59 Å². The fraction of sp³-hybridized carbons (Fsp3) is 0.364. The van der Waals surface area contributed by atoms with Crippen molar-refractivity contribution in [3.05, 3.63) is 59.4 Å². The molecule has 0 spiro atoms. The van der Waals surface area contributed by atoms with Crippen LogP contribution >= 0.6 is 0 Å². The summed E-state index contributed by atoms with van der Waals surface area (Å²) in [6.07, 6.45) is 4.02. The summed E-state index contributed by atoms with van der Waals surface area (Å²) >= 11 is 0. The zero-order valence-electron chi connectivity index (χ0n) is 16.9. The molecule has 0 saturated heterocycles. The molecule has 0 aliphatic carbocycles. The first-order valence-electron chi connectivity index (χ1n) is 9.91. The van der Waals surface area contributed by atoms with E-state index in [2.05, 4.69) is 15.4 Å². The van der Waals surface area contributed by atoms with Crippen molar-refractivity contribution in [3.8, 4) is 0 Å². The fourth-order valence-electron chi connectivity index (χ4n) is 3.76. The van der Waals surface area contributed by atoms with E-state index in [1.54, 1.807) is 16.1 Å². The number of aromatic nitrogens is 1. The molecule has 0 saturated carbocycles. The molecule has 7 nitrogen and oxygen atoms in total. The van der Waals surface area contributed by atoms with Gasteiger partial charge in [0.15, 0.2) is 0 Å². The van der Waals surface area contributed by atoms with Gasteiger partial charge in [0.2, 0.25) is 5.91 Å². The van der Waals surface area contributed by atoms with Gasteiger partial charge in [-0.3, -0.25) is 9.78 Å². The van der Waals surface area contributed by atoms with Gasteiger partial charge in [0.1, 0.15) is 0 Å². The third kappa shape index (κ3) is 3.85. The maximum absolute atomic E-state index is 12.6. The lowest BCUT2D eigenvalue weighted by atomic mass is 9.93. The largest absolute Gasteiger partial charge is 0.322 e. The second kappa shape index (κ2) is 7.66. The van der Waals surface area contributed by atoms with Crippen molar-refractivity contribution in [1.82, 2.24) is 14.9 Å². The number of amides is 3. The van der Waals surface area contributed by atoms with Crippen LogP contribution in [-0.2, 0) is 17.9 Å². The fourth-order valence-corrected chi connectivity index (χ4v) is 3.76. The van der Waals surface area contributed by atoms with Crippen LogP contribution in [0, 0.1) is 5.92 Å². The first-order valence-corrected chi connectivity index (χ1v) is 9.91. The van der Waals surface area contributed by atoms with Crippen LogP contribution < -0.4 is 5.32 Å². The van der Waals surface area contributed by atoms with Crippen LogP contribution in [0.3, 0.4) is 0 Å². The lowest BCUT2D eigenvalue weighted by Gasteiger charge is -2.30. The van der Waals surface area contributed by atoms with Crippen LogP contribution in [0.15, 0.2) is 47.8 Å². The van der Waals surface area contributed by atoms with Crippen molar-refractivity contribution in [3.63, 3.8) is 0 Å². The summed E-state index contributed by atoms with van der Waals surface area (Å²) in [5, 5.41) is 9.11. The van der Waals surface area contributed by atoms with E-state index < -0.39 is 0 Å². The SMILES string of the molecule is CC1CC(=O)N(C(C)C)N=C1c1ccc(NC(=O)N2Cc3ccncc3C2)cc1. The average Bonchev–Trinajstić information content (AvgIpc) is 3.13. The van der Waals surface area contributed by atoms with Gasteiger partial charge in [-0.2, -0.15) is 5.10 Å². The Bertz CT molecular complexity index is 942. The Labute approximate surface area is 170 Å². The number of hydrazone groups is 1. The Morgan fingerprint density at radius 1 is 1.14 bits per heavy atom. The van der Waals surface area contributed by atoms with Gasteiger partial charge in [-0.05, 0) is 48.7 Å². The zero-order valence-corrected chi connectivity index (χ0v) is 16.9. The molecule has 3 amide bonds. The third-order valence-electron chi connectivity index (χ3n) is 5.35. The number of nitrogens with one attached hydrogen (secondary N) is 1. The predicted octanol–water partition coefficient (Wildman–Crippen LogP) is 3.61. The molecule has 2 aliphatic heterocycles. The summed E-state index contributed by atoms with van der Waals surface area (Å²) in [6.45, 7) is 7.10. The van der Waals surface area contributed by atoms with Gasteiger partial charge in [-0.15, -0.1) is 0 Å². The van der Waals surface area contributed by atoms with E-state index in [4.69, 9.17) is 0 Å². The Morgan fingerprint density at radius 2 is 1.86 bits per heavy atom. The standard InChI is InChI=1S/C22H25N5O2/c1-14(2)27-20(28)10-15(3)21(25-27)16-4-6-19(7-5-16)24-22(29)26-12-17-8-9-23-11-18(17)13-26/h4-9,11,14-15H,10,12-13H2,1-3H3,(H,24,29). The molecule has 0 radical (unpaired) electrons. The normalized spacial score (nSPS) is 18.7. The molecule has 1 N–H and O–H groups in total. The van der Waals surface area contributed by atoms with Crippen molar-refractivity contribution in [1.29, 1.82) is 0 Å². The monoisotopic (exact) mass is 391 g/mol. The average molecular weight is 391 g/mol. The molecular weight excluding hydrogens is 366 g/mol.